The number of carbonyl (C=O) groups excluding carboxylic acids is 2. The van der Waals surface area contributed by atoms with E-state index in [9.17, 15) is 9.59 Å². The first kappa shape index (κ1) is 12.2. The molecule has 0 aromatic heterocycles. The van der Waals surface area contributed by atoms with Crippen molar-refractivity contribution in [1.29, 1.82) is 0 Å². The Labute approximate surface area is 104 Å². The first-order valence-corrected chi connectivity index (χ1v) is 5.66. The molecule has 96 valence electrons. The molecule has 1 aliphatic rings. The zero-order valence-electron chi connectivity index (χ0n) is 9.96. The van der Waals surface area contributed by atoms with Crippen molar-refractivity contribution in [1.82, 2.24) is 10.4 Å². The van der Waals surface area contributed by atoms with E-state index in [2.05, 4.69) is 5.43 Å². The first-order valence-electron chi connectivity index (χ1n) is 5.66. The summed E-state index contributed by atoms with van der Waals surface area (Å²) in [6.07, 6.45) is -1.26. The van der Waals surface area contributed by atoms with Crippen LogP contribution in [0, 0.1) is 0 Å². The molecule has 1 aliphatic heterocycles. The number of hydrogen-bond donors (Lipinski definition) is 1. The number of ether oxygens (including phenoxy) is 2. The van der Waals surface area contributed by atoms with Crippen molar-refractivity contribution in [3.63, 3.8) is 0 Å². The first-order chi connectivity index (χ1) is 8.72. The van der Waals surface area contributed by atoms with Gasteiger partial charge in [-0.2, -0.15) is 0 Å². The van der Waals surface area contributed by atoms with E-state index >= 15 is 0 Å². The lowest BCUT2D eigenvalue weighted by Crippen LogP contribution is -2.44. The third-order valence-corrected chi connectivity index (χ3v) is 2.54. The molecule has 0 unspecified atom stereocenters. The smallest absolute Gasteiger partial charge is 0.429 e. The zero-order valence-corrected chi connectivity index (χ0v) is 9.96. The topological polar surface area (TPSA) is 67.9 Å². The second-order valence-corrected chi connectivity index (χ2v) is 3.71. The third kappa shape index (κ3) is 2.53. The van der Waals surface area contributed by atoms with E-state index < -0.39 is 12.2 Å². The Balaban J connectivity index is 2.11. The lowest BCUT2D eigenvalue weighted by atomic mass is 10.1. The van der Waals surface area contributed by atoms with Gasteiger partial charge in [0.05, 0.1) is 6.61 Å². The number of amides is 2. The van der Waals surface area contributed by atoms with Crippen LogP contribution in [0.5, 0.6) is 0 Å². The van der Waals surface area contributed by atoms with Crippen LogP contribution in [0.4, 0.5) is 9.59 Å². The van der Waals surface area contributed by atoms with Gasteiger partial charge in [0.2, 0.25) is 0 Å². The minimum atomic E-state index is -0.669. The van der Waals surface area contributed by atoms with E-state index in [1.54, 1.807) is 6.92 Å². The van der Waals surface area contributed by atoms with E-state index in [0.29, 0.717) is 0 Å². The lowest BCUT2D eigenvalue weighted by molar-refractivity contribution is 0.107. The van der Waals surface area contributed by atoms with Gasteiger partial charge in [-0.25, -0.2) is 20.0 Å². The Morgan fingerprint density at radius 2 is 2.22 bits per heavy atom. The van der Waals surface area contributed by atoms with E-state index in [1.807, 2.05) is 30.3 Å². The van der Waals surface area contributed by atoms with Gasteiger partial charge in [0, 0.05) is 0 Å². The molecule has 1 N–H and O–H groups in total. The summed E-state index contributed by atoms with van der Waals surface area (Å²) in [5, 5.41) is 1.15. The summed E-state index contributed by atoms with van der Waals surface area (Å²) >= 11 is 0. The quantitative estimate of drug-likeness (QED) is 0.888. The van der Waals surface area contributed by atoms with Crippen molar-refractivity contribution in [2.45, 2.75) is 13.0 Å². The van der Waals surface area contributed by atoms with Gasteiger partial charge < -0.3 is 9.47 Å². The molecule has 1 atom stereocenters. The highest BCUT2D eigenvalue weighted by molar-refractivity contribution is 5.75. The van der Waals surface area contributed by atoms with Crippen LogP contribution >= 0.6 is 0 Å². The number of rotatable bonds is 3. The maximum Gasteiger partial charge on any atom is 0.429 e. The summed E-state index contributed by atoms with van der Waals surface area (Å²) in [6, 6.07) is 9.01. The molecule has 0 saturated carbocycles. The van der Waals surface area contributed by atoms with Gasteiger partial charge >= 0.3 is 12.2 Å². The molecule has 0 spiro atoms. The number of nitrogens with zero attached hydrogens (tertiary/aromatic N) is 1. The average molecular weight is 250 g/mol. The van der Waals surface area contributed by atoms with Crippen molar-refractivity contribution in [2.24, 2.45) is 0 Å². The maximum absolute atomic E-state index is 11.5. The lowest BCUT2D eigenvalue weighted by Gasteiger charge is -2.21. The molecule has 6 heteroatoms. The van der Waals surface area contributed by atoms with Crippen LogP contribution in [0.25, 0.3) is 0 Å². The van der Waals surface area contributed by atoms with Crippen molar-refractivity contribution < 1.29 is 19.1 Å². The van der Waals surface area contributed by atoms with Crippen molar-refractivity contribution >= 4 is 12.2 Å². The fourth-order valence-electron chi connectivity index (χ4n) is 1.73. The van der Waals surface area contributed by atoms with E-state index in [1.165, 1.54) is 0 Å². The van der Waals surface area contributed by atoms with Gasteiger partial charge in [0.15, 0.2) is 0 Å². The summed E-state index contributed by atoms with van der Waals surface area (Å²) in [6.45, 7) is 2.14. The number of benzene rings is 1. The molecule has 2 rings (SSSR count). The summed E-state index contributed by atoms with van der Waals surface area (Å²) in [4.78, 5) is 22.9. The van der Waals surface area contributed by atoms with Gasteiger partial charge in [-0.1, -0.05) is 30.3 Å². The van der Waals surface area contributed by atoms with Gasteiger partial charge in [-0.15, -0.1) is 0 Å². The normalized spacial score (nSPS) is 18.4. The Hall–Kier alpha value is -2.24. The molecule has 1 aromatic carbocycles. The maximum atomic E-state index is 11.5. The number of hydrogen-bond acceptors (Lipinski definition) is 4. The predicted molar refractivity (Wildman–Crippen MR) is 62.5 cm³/mol. The van der Waals surface area contributed by atoms with Crippen molar-refractivity contribution in [2.75, 3.05) is 13.2 Å². The standard InChI is InChI=1S/C12H14N2O4/c1-2-17-11(15)13-14-10(8-18-12(14)16)9-6-4-3-5-7-9/h3-7,10H,2,8H2,1H3,(H,13,15)/t10-/m0/s1. The van der Waals surface area contributed by atoms with Gasteiger partial charge in [-0.3, -0.25) is 0 Å². The fourth-order valence-corrected chi connectivity index (χ4v) is 1.73. The van der Waals surface area contributed by atoms with Crippen molar-refractivity contribution in [3.8, 4) is 0 Å². The van der Waals surface area contributed by atoms with Crippen LogP contribution < -0.4 is 5.43 Å². The second kappa shape index (κ2) is 5.39. The molecule has 18 heavy (non-hydrogen) atoms. The molecule has 1 aromatic rings. The Bertz CT molecular complexity index is 435. The summed E-state index contributed by atoms with van der Waals surface area (Å²) < 4.78 is 9.67. The Morgan fingerprint density at radius 1 is 1.50 bits per heavy atom. The second-order valence-electron chi connectivity index (χ2n) is 3.71. The summed E-state index contributed by atoms with van der Waals surface area (Å²) in [5.74, 6) is 0. The number of carbonyl (C=O) groups is 2. The zero-order chi connectivity index (χ0) is 13.0. The predicted octanol–water partition coefficient (Wildman–Crippen LogP) is 1.84. The minimum Gasteiger partial charge on any atom is -0.449 e. The largest absolute Gasteiger partial charge is 0.449 e. The van der Waals surface area contributed by atoms with Crippen LogP contribution in [0.1, 0.15) is 18.5 Å². The number of cyclic esters (lactones) is 1. The highest BCUT2D eigenvalue weighted by Gasteiger charge is 2.35. The van der Waals surface area contributed by atoms with E-state index in [0.717, 1.165) is 10.6 Å². The number of hydrazine groups is 1. The molecule has 2 amide bonds. The van der Waals surface area contributed by atoms with E-state index in [-0.39, 0.29) is 19.3 Å². The minimum absolute atomic E-state index is 0.204. The molecule has 0 radical (unpaired) electrons. The highest BCUT2D eigenvalue weighted by Crippen LogP contribution is 2.25. The summed E-state index contributed by atoms with van der Waals surface area (Å²) in [5.41, 5.74) is 3.26. The molecule has 6 nitrogen and oxygen atoms in total. The molecular formula is C12H14N2O4. The molecular weight excluding hydrogens is 236 g/mol. The fraction of sp³-hybridized carbons (Fsp3) is 0.333. The van der Waals surface area contributed by atoms with Crippen LogP contribution in [-0.2, 0) is 9.47 Å². The molecule has 0 bridgehead atoms. The van der Waals surface area contributed by atoms with Gasteiger partial charge in [0.1, 0.15) is 12.6 Å². The monoisotopic (exact) mass is 250 g/mol. The van der Waals surface area contributed by atoms with Crippen LogP contribution in [-0.4, -0.2) is 30.4 Å². The molecule has 1 saturated heterocycles. The van der Waals surface area contributed by atoms with E-state index in [4.69, 9.17) is 9.47 Å². The average Bonchev–Trinajstić information content (AvgIpc) is 2.73. The van der Waals surface area contributed by atoms with Crippen LogP contribution in [0.2, 0.25) is 0 Å². The van der Waals surface area contributed by atoms with Crippen LogP contribution in [0.15, 0.2) is 30.3 Å². The highest BCUT2D eigenvalue weighted by atomic mass is 16.6. The third-order valence-electron chi connectivity index (χ3n) is 2.54. The number of nitrogens with one attached hydrogen (secondary N) is 1. The van der Waals surface area contributed by atoms with Gasteiger partial charge in [0.25, 0.3) is 0 Å². The van der Waals surface area contributed by atoms with Crippen molar-refractivity contribution in [3.05, 3.63) is 35.9 Å². The SMILES string of the molecule is CCOC(=O)NN1C(=O)OC[C@H]1c1ccccc1. The van der Waals surface area contributed by atoms with Gasteiger partial charge in [-0.05, 0) is 12.5 Å². The van der Waals surface area contributed by atoms with Crippen LogP contribution in [0.3, 0.4) is 0 Å². The summed E-state index contributed by atoms with van der Waals surface area (Å²) in [7, 11) is 0. The molecule has 1 fully saturated rings. The Kier molecular flexibility index (Phi) is 3.66. The molecule has 1 heterocycles. The Morgan fingerprint density at radius 3 is 2.89 bits per heavy atom. The molecule has 0 aliphatic carbocycles.